The summed E-state index contributed by atoms with van der Waals surface area (Å²) >= 11 is 1.81. The van der Waals surface area contributed by atoms with Gasteiger partial charge in [-0.05, 0) is 43.6 Å². The maximum Gasteiger partial charge on any atom is 0.490 e. The highest BCUT2D eigenvalue weighted by Gasteiger charge is 2.43. The smallest absolute Gasteiger partial charge is 0.475 e. The van der Waals surface area contributed by atoms with Gasteiger partial charge in [-0.25, -0.2) is 9.86 Å². The molecule has 11 heteroatoms. The van der Waals surface area contributed by atoms with Gasteiger partial charge < -0.3 is 9.84 Å². The van der Waals surface area contributed by atoms with E-state index in [4.69, 9.17) is 19.5 Å². The molecule has 168 valence electrons. The number of carboxylic acid groups (broad SMARTS) is 1. The molecule has 3 saturated heterocycles. The van der Waals surface area contributed by atoms with Crippen LogP contribution in [0.25, 0.3) is 0 Å². The Morgan fingerprint density at radius 3 is 2.57 bits per heavy atom. The van der Waals surface area contributed by atoms with Gasteiger partial charge in [0.25, 0.3) is 5.91 Å². The molecular weight excluding hydrogens is 425 g/mol. The summed E-state index contributed by atoms with van der Waals surface area (Å²) in [6, 6.07) is 4.77. The Bertz CT molecular complexity index is 710. The summed E-state index contributed by atoms with van der Waals surface area (Å²) in [5.41, 5.74) is 0. The third-order valence-electron chi connectivity index (χ3n) is 5.37. The van der Waals surface area contributed by atoms with Gasteiger partial charge in [-0.2, -0.15) is 13.2 Å². The van der Waals surface area contributed by atoms with E-state index < -0.39 is 12.1 Å². The number of carbonyl (C=O) groups is 2. The molecule has 3 aliphatic heterocycles. The number of alkyl halides is 3. The molecule has 0 spiro atoms. The lowest BCUT2D eigenvalue weighted by Gasteiger charge is -2.37. The predicted molar refractivity (Wildman–Crippen MR) is 102 cm³/mol. The lowest BCUT2D eigenvalue weighted by molar-refractivity contribution is -0.213. The van der Waals surface area contributed by atoms with E-state index in [0.717, 1.165) is 45.2 Å². The molecule has 1 aromatic heterocycles. The highest BCUT2D eigenvalue weighted by Crippen LogP contribution is 2.33. The fourth-order valence-electron chi connectivity index (χ4n) is 3.93. The molecule has 0 saturated carbocycles. The van der Waals surface area contributed by atoms with Crippen molar-refractivity contribution in [2.75, 3.05) is 19.7 Å². The Labute approximate surface area is 176 Å². The standard InChI is InChI=1S/C17H24N2O3S.C2HF3O2/c20-17(19-8-1-2-10-21-19)16-6-5-14-15(22-16)7-9-18(14)12-13-4-3-11-23-13;3-2(4,5)1(6)7/h3-4,11,14-16H,1-2,5-10,12H2;(H,6,7)/t14-,15-,16+;/m1./s1. The van der Waals surface area contributed by atoms with Crippen LogP contribution < -0.4 is 0 Å². The van der Waals surface area contributed by atoms with Gasteiger partial charge in [0.2, 0.25) is 0 Å². The summed E-state index contributed by atoms with van der Waals surface area (Å²) in [5, 5.41) is 10.8. The first-order valence-electron chi connectivity index (χ1n) is 9.92. The van der Waals surface area contributed by atoms with Crippen molar-refractivity contribution in [2.45, 2.75) is 63.1 Å². The van der Waals surface area contributed by atoms with Crippen LogP contribution in [0.4, 0.5) is 13.2 Å². The number of hydroxylamine groups is 2. The van der Waals surface area contributed by atoms with Crippen molar-refractivity contribution in [2.24, 2.45) is 0 Å². The molecule has 1 N–H and O–H groups in total. The third kappa shape index (κ3) is 5.93. The van der Waals surface area contributed by atoms with Crippen molar-refractivity contribution >= 4 is 23.2 Å². The maximum absolute atomic E-state index is 12.5. The molecule has 4 heterocycles. The lowest BCUT2D eigenvalue weighted by Crippen LogP contribution is -2.49. The first-order valence-corrected chi connectivity index (χ1v) is 10.8. The van der Waals surface area contributed by atoms with Crippen LogP contribution in [-0.4, -0.2) is 71.1 Å². The Balaban J connectivity index is 0.000000318. The van der Waals surface area contributed by atoms with Crippen LogP contribution in [0.15, 0.2) is 17.5 Å². The summed E-state index contributed by atoms with van der Waals surface area (Å²) in [6.45, 7) is 3.43. The summed E-state index contributed by atoms with van der Waals surface area (Å²) in [4.78, 5) is 30.9. The van der Waals surface area contributed by atoms with Gasteiger partial charge in [-0.1, -0.05) is 6.07 Å². The molecule has 3 fully saturated rings. The van der Waals surface area contributed by atoms with Crippen molar-refractivity contribution in [3.8, 4) is 0 Å². The normalized spacial score (nSPS) is 27.2. The van der Waals surface area contributed by atoms with E-state index in [0.29, 0.717) is 19.2 Å². The second-order valence-electron chi connectivity index (χ2n) is 7.43. The van der Waals surface area contributed by atoms with Crippen molar-refractivity contribution in [3.05, 3.63) is 22.4 Å². The second-order valence-corrected chi connectivity index (χ2v) is 8.46. The zero-order chi connectivity index (χ0) is 21.7. The van der Waals surface area contributed by atoms with Gasteiger partial charge in [0.15, 0.2) is 0 Å². The van der Waals surface area contributed by atoms with Gasteiger partial charge in [-0.15, -0.1) is 11.3 Å². The van der Waals surface area contributed by atoms with Gasteiger partial charge in [0.1, 0.15) is 6.10 Å². The Morgan fingerprint density at radius 1 is 1.20 bits per heavy atom. The molecule has 0 unspecified atom stereocenters. The Kier molecular flexibility index (Phi) is 7.72. The molecule has 4 rings (SSSR count). The van der Waals surface area contributed by atoms with Crippen LogP contribution in [0.1, 0.15) is 37.0 Å². The molecular formula is C19H25F3N2O5S. The number of nitrogens with zero attached hydrogens (tertiary/aromatic N) is 2. The zero-order valence-corrected chi connectivity index (χ0v) is 17.2. The monoisotopic (exact) mass is 450 g/mol. The predicted octanol–water partition coefficient (Wildman–Crippen LogP) is 3.06. The molecule has 3 aliphatic rings. The Hall–Kier alpha value is -1.69. The number of carboxylic acids is 1. The van der Waals surface area contributed by atoms with E-state index in [2.05, 4.69) is 22.4 Å². The topological polar surface area (TPSA) is 79.3 Å². The third-order valence-corrected chi connectivity index (χ3v) is 6.23. The van der Waals surface area contributed by atoms with Gasteiger partial charge in [0.05, 0.1) is 12.7 Å². The number of aliphatic carboxylic acids is 1. The number of ether oxygens (including phenoxy) is 1. The molecule has 0 bridgehead atoms. The first kappa shape index (κ1) is 23.0. The van der Waals surface area contributed by atoms with Crippen LogP contribution in [0.2, 0.25) is 0 Å². The van der Waals surface area contributed by atoms with Crippen LogP contribution in [0, 0.1) is 0 Å². The maximum atomic E-state index is 12.5. The lowest BCUT2D eigenvalue weighted by atomic mass is 9.98. The number of hydrogen-bond donors (Lipinski definition) is 1. The fourth-order valence-corrected chi connectivity index (χ4v) is 4.66. The van der Waals surface area contributed by atoms with Crippen molar-refractivity contribution in [3.63, 3.8) is 0 Å². The summed E-state index contributed by atoms with van der Waals surface area (Å²) < 4.78 is 37.9. The van der Waals surface area contributed by atoms with Crippen molar-refractivity contribution in [1.29, 1.82) is 0 Å². The molecule has 1 aromatic rings. The molecule has 0 aromatic carbocycles. The van der Waals surface area contributed by atoms with Crippen LogP contribution >= 0.6 is 11.3 Å². The SMILES string of the molecule is O=C(O)C(F)(F)F.O=C([C@@H]1CC[C@@H]2[C@@H](CCN2Cc2cccs2)O1)N1CCCCO1. The number of rotatable bonds is 3. The minimum Gasteiger partial charge on any atom is -0.475 e. The average molecular weight is 450 g/mol. The van der Waals surface area contributed by atoms with Crippen LogP contribution in [-0.2, 0) is 25.7 Å². The zero-order valence-electron chi connectivity index (χ0n) is 16.3. The minimum atomic E-state index is -5.08. The number of hydrogen-bond acceptors (Lipinski definition) is 6. The van der Waals surface area contributed by atoms with E-state index in [-0.39, 0.29) is 18.1 Å². The minimum absolute atomic E-state index is 0.0276. The second kappa shape index (κ2) is 10.1. The highest BCUT2D eigenvalue weighted by molar-refractivity contribution is 7.09. The summed E-state index contributed by atoms with van der Waals surface area (Å²) in [7, 11) is 0. The van der Waals surface area contributed by atoms with Crippen LogP contribution in [0.5, 0.6) is 0 Å². The van der Waals surface area contributed by atoms with Crippen LogP contribution in [0.3, 0.4) is 0 Å². The number of carbonyl (C=O) groups excluding carboxylic acids is 1. The number of likely N-dealkylation sites (tertiary alicyclic amines) is 1. The van der Waals surface area contributed by atoms with Gasteiger partial charge in [0, 0.05) is 30.6 Å². The molecule has 3 atom stereocenters. The van der Waals surface area contributed by atoms with E-state index in [1.165, 1.54) is 9.94 Å². The quantitative estimate of drug-likeness (QED) is 0.763. The fraction of sp³-hybridized carbons (Fsp3) is 0.684. The summed E-state index contributed by atoms with van der Waals surface area (Å²) in [5.74, 6) is -2.73. The van der Waals surface area contributed by atoms with E-state index in [9.17, 15) is 18.0 Å². The van der Waals surface area contributed by atoms with E-state index >= 15 is 0 Å². The van der Waals surface area contributed by atoms with Crippen molar-refractivity contribution < 1.29 is 37.4 Å². The number of halogens is 3. The van der Waals surface area contributed by atoms with E-state index in [1.54, 1.807) is 0 Å². The van der Waals surface area contributed by atoms with Gasteiger partial charge >= 0.3 is 12.1 Å². The molecule has 0 aliphatic carbocycles. The molecule has 0 radical (unpaired) electrons. The number of amides is 1. The first-order chi connectivity index (χ1) is 14.3. The largest absolute Gasteiger partial charge is 0.490 e. The highest BCUT2D eigenvalue weighted by atomic mass is 32.1. The van der Waals surface area contributed by atoms with E-state index in [1.807, 2.05) is 11.3 Å². The summed E-state index contributed by atoms with van der Waals surface area (Å²) in [6.07, 6.45) is -0.253. The molecule has 30 heavy (non-hydrogen) atoms. The van der Waals surface area contributed by atoms with Crippen molar-refractivity contribution in [1.82, 2.24) is 9.96 Å². The molecule has 7 nitrogen and oxygen atoms in total. The Morgan fingerprint density at radius 2 is 1.97 bits per heavy atom. The number of thiophene rings is 1. The molecule has 1 amide bonds. The van der Waals surface area contributed by atoms with Gasteiger partial charge in [-0.3, -0.25) is 14.5 Å². The number of fused-ring (bicyclic) bond motifs is 1. The average Bonchev–Trinajstić information content (AvgIpc) is 3.38.